The fourth-order valence-electron chi connectivity index (χ4n) is 2.90. The summed E-state index contributed by atoms with van der Waals surface area (Å²) in [4.78, 5) is 39.7. The molecule has 28 heavy (non-hydrogen) atoms. The molecule has 11 heteroatoms. The Balaban J connectivity index is 1.95. The van der Waals surface area contributed by atoms with Gasteiger partial charge in [0.2, 0.25) is 5.91 Å². The maximum absolute atomic E-state index is 15.3. The van der Waals surface area contributed by atoms with Gasteiger partial charge < -0.3 is 9.47 Å². The fraction of sp³-hybridized carbons (Fsp3) is 0.353. The molecule has 1 saturated heterocycles. The van der Waals surface area contributed by atoms with Crippen molar-refractivity contribution in [1.82, 2.24) is 4.90 Å². The number of ether oxygens (including phenoxy) is 2. The number of amides is 1. The third-order valence-corrected chi connectivity index (χ3v) is 5.38. The average Bonchev–Trinajstić information content (AvgIpc) is 2.95. The van der Waals surface area contributed by atoms with Gasteiger partial charge in [0.05, 0.1) is 12.0 Å². The van der Waals surface area contributed by atoms with Crippen molar-refractivity contribution in [2.45, 2.75) is 30.6 Å². The van der Waals surface area contributed by atoms with Crippen LogP contribution in [-0.4, -0.2) is 51.2 Å². The number of halogens is 2. The van der Waals surface area contributed by atoms with E-state index in [4.69, 9.17) is 15.0 Å². The number of alkyl halides is 2. The number of carbonyl (C=O) groups is 3. The summed E-state index contributed by atoms with van der Waals surface area (Å²) in [6, 6.07) is 7.91. The molecular weight excluding hydrogens is 486 g/mol. The Kier molecular flexibility index (Phi) is 5.96. The molecule has 0 bridgehead atoms. The molecule has 0 radical (unpaired) electrons. The number of benzene rings is 1. The first-order valence-corrected chi connectivity index (χ1v) is 9.67. The highest BCUT2D eigenvalue weighted by Gasteiger charge is 2.59. The lowest BCUT2D eigenvalue weighted by Gasteiger charge is -2.30. The number of hydrogen-bond donors (Lipinski definition) is 0. The molecule has 1 fully saturated rings. The molecule has 0 saturated carbocycles. The number of nitrogens with zero attached hydrogens (tertiary/aromatic N) is 4. The van der Waals surface area contributed by atoms with Crippen molar-refractivity contribution in [2.24, 2.45) is 5.11 Å². The minimum Gasteiger partial charge on any atom is -0.451 e. The molecule has 1 aromatic rings. The van der Waals surface area contributed by atoms with Crippen LogP contribution in [0.4, 0.5) is 4.39 Å². The van der Waals surface area contributed by atoms with Gasteiger partial charge in [0, 0.05) is 15.5 Å². The van der Waals surface area contributed by atoms with Crippen molar-refractivity contribution in [3.05, 3.63) is 58.6 Å². The van der Waals surface area contributed by atoms with Crippen LogP contribution in [0.2, 0.25) is 0 Å². The minimum atomic E-state index is -2.03. The van der Waals surface area contributed by atoms with E-state index in [0.717, 1.165) is 17.2 Å². The first-order chi connectivity index (χ1) is 13.4. The van der Waals surface area contributed by atoms with Crippen LogP contribution in [0.5, 0.6) is 0 Å². The van der Waals surface area contributed by atoms with Gasteiger partial charge in [0.25, 0.3) is 0 Å². The van der Waals surface area contributed by atoms with E-state index in [0.29, 0.717) is 0 Å². The van der Waals surface area contributed by atoms with Crippen molar-refractivity contribution >= 4 is 40.3 Å². The predicted molar refractivity (Wildman–Crippen MR) is 102 cm³/mol. The summed E-state index contributed by atoms with van der Waals surface area (Å²) in [5, 5.41) is 3.43. The lowest BCUT2D eigenvalue weighted by atomic mass is 10.1. The van der Waals surface area contributed by atoms with Crippen LogP contribution >= 0.6 is 22.6 Å². The first kappa shape index (κ1) is 20.2. The third kappa shape index (κ3) is 3.73. The van der Waals surface area contributed by atoms with Gasteiger partial charge in [-0.3, -0.25) is 14.5 Å². The molecule has 9 nitrogen and oxygen atoms in total. The second kappa shape index (κ2) is 8.25. The highest BCUT2D eigenvalue weighted by atomic mass is 127. The molecule has 0 aliphatic carbocycles. The zero-order chi connectivity index (χ0) is 20.3. The fourth-order valence-corrected chi connectivity index (χ4v) is 3.65. The number of carbonyl (C=O) groups excluding carboxylic acids is 3. The lowest BCUT2D eigenvalue weighted by molar-refractivity contribution is -0.152. The summed E-state index contributed by atoms with van der Waals surface area (Å²) in [6.07, 6.45) is -3.11. The molecule has 0 unspecified atom stereocenters. The van der Waals surface area contributed by atoms with Crippen molar-refractivity contribution in [1.29, 1.82) is 0 Å². The van der Waals surface area contributed by atoms with Gasteiger partial charge in [-0.25, -0.2) is 9.18 Å². The van der Waals surface area contributed by atoms with Crippen LogP contribution in [0.1, 0.15) is 16.8 Å². The van der Waals surface area contributed by atoms with E-state index in [1.807, 2.05) is 0 Å². The summed E-state index contributed by atoms with van der Waals surface area (Å²) in [7, 11) is 0. The van der Waals surface area contributed by atoms with E-state index in [-0.39, 0.29) is 9.99 Å². The number of azide groups is 1. The Morgan fingerprint density at radius 3 is 2.75 bits per heavy atom. The largest absolute Gasteiger partial charge is 0.451 e. The molecular formula is C17H14FIN4O5. The van der Waals surface area contributed by atoms with Crippen molar-refractivity contribution in [3.63, 3.8) is 0 Å². The van der Waals surface area contributed by atoms with Gasteiger partial charge in [-0.05, 0) is 23.7 Å². The van der Waals surface area contributed by atoms with E-state index >= 15 is 4.39 Å². The van der Waals surface area contributed by atoms with Gasteiger partial charge in [-0.1, -0.05) is 45.9 Å². The Morgan fingerprint density at radius 1 is 1.43 bits per heavy atom. The van der Waals surface area contributed by atoms with Gasteiger partial charge in [-0.2, -0.15) is 0 Å². The molecule has 2 aliphatic rings. The van der Waals surface area contributed by atoms with Crippen LogP contribution in [0.3, 0.4) is 0 Å². The third-order valence-electron chi connectivity index (χ3n) is 4.29. The first-order valence-electron chi connectivity index (χ1n) is 8.14. The Hall–Kier alpha value is -2.50. The van der Waals surface area contributed by atoms with Crippen LogP contribution in [0.15, 0.2) is 47.7 Å². The molecule has 4 atom stereocenters. The molecule has 0 spiro atoms. The maximum Gasteiger partial charge on any atom is 0.338 e. The van der Waals surface area contributed by atoms with Gasteiger partial charge >= 0.3 is 5.97 Å². The smallest absolute Gasteiger partial charge is 0.338 e. The highest BCUT2D eigenvalue weighted by molar-refractivity contribution is 14.1. The Bertz CT molecular complexity index is 876. The maximum atomic E-state index is 15.3. The Labute approximate surface area is 172 Å². The number of rotatable bonds is 5. The monoisotopic (exact) mass is 500 g/mol. The minimum absolute atomic E-state index is 0.0868. The molecule has 2 heterocycles. The van der Waals surface area contributed by atoms with E-state index < -0.39 is 48.3 Å². The summed E-state index contributed by atoms with van der Waals surface area (Å²) in [5.41, 5.74) is 7.05. The summed E-state index contributed by atoms with van der Waals surface area (Å²) in [6.45, 7) is 0. The number of ketones is 1. The molecule has 1 amide bonds. The zero-order valence-electron chi connectivity index (χ0n) is 14.3. The van der Waals surface area contributed by atoms with E-state index in [2.05, 4.69) is 10.0 Å². The normalized spacial score (nSPS) is 29.5. The second-order valence-corrected chi connectivity index (χ2v) is 6.84. The predicted octanol–water partition coefficient (Wildman–Crippen LogP) is 2.66. The molecule has 0 aromatic heterocycles. The van der Waals surface area contributed by atoms with E-state index in [9.17, 15) is 14.4 Å². The molecule has 2 aliphatic heterocycles. The number of esters is 1. The lowest BCUT2D eigenvalue weighted by Crippen LogP contribution is -2.47. The van der Waals surface area contributed by atoms with Crippen molar-refractivity contribution in [3.8, 4) is 0 Å². The highest BCUT2D eigenvalue weighted by Crippen LogP contribution is 2.40. The van der Waals surface area contributed by atoms with Crippen LogP contribution in [0.25, 0.3) is 10.4 Å². The molecule has 0 N–H and O–H groups in total. The van der Waals surface area contributed by atoms with Crippen LogP contribution in [-0.2, 0) is 19.1 Å². The van der Waals surface area contributed by atoms with E-state index in [1.54, 1.807) is 40.8 Å². The van der Waals surface area contributed by atoms with Gasteiger partial charge in [0.15, 0.2) is 30.0 Å². The zero-order valence-corrected chi connectivity index (χ0v) is 16.4. The molecule has 146 valence electrons. The topological polar surface area (TPSA) is 122 Å². The summed E-state index contributed by atoms with van der Waals surface area (Å²) < 4.78 is 26.1. The van der Waals surface area contributed by atoms with Crippen LogP contribution in [0, 0.1) is 0 Å². The van der Waals surface area contributed by atoms with E-state index in [1.165, 1.54) is 12.1 Å². The molecule has 3 rings (SSSR count). The van der Waals surface area contributed by atoms with Crippen LogP contribution < -0.4 is 0 Å². The van der Waals surface area contributed by atoms with Crippen molar-refractivity contribution < 1.29 is 28.2 Å². The quantitative estimate of drug-likeness (QED) is 0.117. The SMILES string of the molecule is [N-]=[N+]=N[C@]1(CI)O[C@@H](N2C=CC(=O)CC2=O)[C@H](OC(=O)c2ccccc2)[C@@H]1F. The standard InChI is InChI=1S/C17H14FIN4O5/c18-14-13(27-16(26)10-4-2-1-3-5-10)15(28-17(14,9-19)21-22-20)23-7-6-11(24)8-12(23)25/h1-7,13-15H,8-9H2/t13-,14+,15-,17-/m1/s1. The Morgan fingerprint density at radius 2 is 2.14 bits per heavy atom. The summed E-state index contributed by atoms with van der Waals surface area (Å²) >= 11 is 1.78. The number of hydrogen-bond acceptors (Lipinski definition) is 6. The van der Waals surface area contributed by atoms with Crippen molar-refractivity contribution in [2.75, 3.05) is 4.43 Å². The summed E-state index contributed by atoms with van der Waals surface area (Å²) in [5.74, 6) is -1.88. The second-order valence-electron chi connectivity index (χ2n) is 6.07. The number of allylic oxidation sites excluding steroid dienone is 1. The average molecular weight is 500 g/mol. The van der Waals surface area contributed by atoms with Gasteiger partial charge in [0.1, 0.15) is 0 Å². The molecule has 1 aromatic carbocycles. The van der Waals surface area contributed by atoms with Gasteiger partial charge in [-0.15, -0.1) is 0 Å².